The SMILES string of the molecule is Cc1nccc(CNC(=O)N(CC(=O)O)CC(=O)O)n1. The molecule has 0 saturated heterocycles. The van der Waals surface area contributed by atoms with Gasteiger partial charge in [0.2, 0.25) is 0 Å². The molecule has 108 valence electrons. The number of hydrogen-bond acceptors (Lipinski definition) is 5. The van der Waals surface area contributed by atoms with Crippen LogP contribution in [0.1, 0.15) is 11.5 Å². The number of amides is 2. The van der Waals surface area contributed by atoms with Crippen molar-refractivity contribution in [3.05, 3.63) is 23.8 Å². The minimum Gasteiger partial charge on any atom is -0.480 e. The first-order valence-electron chi connectivity index (χ1n) is 5.63. The summed E-state index contributed by atoms with van der Waals surface area (Å²) in [6.07, 6.45) is 1.52. The van der Waals surface area contributed by atoms with Crippen LogP contribution in [0.15, 0.2) is 12.3 Å². The molecule has 2 amide bonds. The van der Waals surface area contributed by atoms with Crippen LogP contribution < -0.4 is 5.32 Å². The van der Waals surface area contributed by atoms with Gasteiger partial charge in [-0.3, -0.25) is 9.59 Å². The fourth-order valence-electron chi connectivity index (χ4n) is 1.41. The molecule has 0 aliphatic rings. The molecule has 0 atom stereocenters. The second-order valence-corrected chi connectivity index (χ2v) is 3.90. The summed E-state index contributed by atoms with van der Waals surface area (Å²) in [5.41, 5.74) is 0.538. The van der Waals surface area contributed by atoms with E-state index in [1.807, 2.05) is 0 Å². The minimum absolute atomic E-state index is 0.0535. The molecule has 1 aromatic heterocycles. The maximum absolute atomic E-state index is 11.7. The topological polar surface area (TPSA) is 133 Å². The Kier molecular flexibility index (Phi) is 5.39. The molecule has 1 rings (SSSR count). The van der Waals surface area contributed by atoms with Crippen LogP contribution in [0, 0.1) is 6.92 Å². The Hall–Kier alpha value is -2.71. The molecule has 1 heterocycles. The van der Waals surface area contributed by atoms with E-state index in [9.17, 15) is 14.4 Å². The van der Waals surface area contributed by atoms with Crippen molar-refractivity contribution in [1.82, 2.24) is 20.2 Å². The summed E-state index contributed by atoms with van der Waals surface area (Å²) in [5, 5.41) is 19.7. The zero-order valence-corrected chi connectivity index (χ0v) is 10.7. The van der Waals surface area contributed by atoms with Crippen molar-refractivity contribution in [2.75, 3.05) is 13.1 Å². The molecule has 0 bridgehead atoms. The van der Waals surface area contributed by atoms with Crippen molar-refractivity contribution in [2.24, 2.45) is 0 Å². The van der Waals surface area contributed by atoms with Crippen molar-refractivity contribution in [1.29, 1.82) is 0 Å². The molecular formula is C11H14N4O5. The Bertz CT molecular complexity index is 503. The number of carbonyl (C=O) groups is 3. The lowest BCUT2D eigenvalue weighted by Gasteiger charge is -2.18. The predicted octanol–water partition coefficient (Wildman–Crippen LogP) is -0.534. The molecule has 1 aromatic rings. The van der Waals surface area contributed by atoms with E-state index in [1.54, 1.807) is 13.0 Å². The van der Waals surface area contributed by atoms with Crippen LogP contribution in [-0.4, -0.2) is 56.1 Å². The third kappa shape index (κ3) is 5.29. The number of hydrogen-bond donors (Lipinski definition) is 3. The zero-order valence-electron chi connectivity index (χ0n) is 10.7. The number of nitrogens with zero attached hydrogens (tertiary/aromatic N) is 3. The van der Waals surface area contributed by atoms with Crippen LogP contribution in [0.3, 0.4) is 0 Å². The van der Waals surface area contributed by atoms with Gasteiger partial charge in [-0.25, -0.2) is 14.8 Å². The van der Waals surface area contributed by atoms with Crippen LogP contribution in [0.4, 0.5) is 4.79 Å². The van der Waals surface area contributed by atoms with Crippen molar-refractivity contribution in [2.45, 2.75) is 13.5 Å². The van der Waals surface area contributed by atoms with E-state index in [0.717, 1.165) is 0 Å². The van der Waals surface area contributed by atoms with Crippen LogP contribution in [-0.2, 0) is 16.1 Å². The monoisotopic (exact) mass is 282 g/mol. The van der Waals surface area contributed by atoms with Gasteiger partial charge in [0.05, 0.1) is 12.2 Å². The summed E-state index contributed by atoms with van der Waals surface area (Å²) in [6.45, 7) is 0.353. The summed E-state index contributed by atoms with van der Waals surface area (Å²) in [6, 6.07) is 0.803. The highest BCUT2D eigenvalue weighted by molar-refractivity contribution is 5.84. The van der Waals surface area contributed by atoms with Gasteiger partial charge < -0.3 is 20.4 Å². The van der Waals surface area contributed by atoms with E-state index in [-0.39, 0.29) is 6.54 Å². The first-order valence-corrected chi connectivity index (χ1v) is 5.63. The lowest BCUT2D eigenvalue weighted by Crippen LogP contribution is -2.45. The zero-order chi connectivity index (χ0) is 15.1. The first-order chi connectivity index (χ1) is 9.38. The van der Waals surface area contributed by atoms with Gasteiger partial charge in [0.15, 0.2) is 0 Å². The van der Waals surface area contributed by atoms with Gasteiger partial charge in [-0.15, -0.1) is 0 Å². The van der Waals surface area contributed by atoms with Gasteiger partial charge >= 0.3 is 18.0 Å². The van der Waals surface area contributed by atoms with Crippen molar-refractivity contribution in [3.63, 3.8) is 0 Å². The fourth-order valence-corrected chi connectivity index (χ4v) is 1.41. The maximum Gasteiger partial charge on any atom is 0.323 e. The highest BCUT2D eigenvalue weighted by atomic mass is 16.4. The molecule has 9 nitrogen and oxygen atoms in total. The number of carbonyl (C=O) groups excluding carboxylic acids is 1. The average molecular weight is 282 g/mol. The lowest BCUT2D eigenvalue weighted by atomic mass is 10.4. The minimum atomic E-state index is -1.29. The molecule has 0 aromatic carbocycles. The smallest absolute Gasteiger partial charge is 0.323 e. The molecule has 9 heteroatoms. The number of aromatic nitrogens is 2. The standard InChI is InChI=1S/C11H14N4O5/c1-7-12-3-2-8(14-7)4-13-11(20)15(5-9(16)17)6-10(18)19/h2-3H,4-6H2,1H3,(H,13,20)(H,16,17)(H,18,19). The third-order valence-electron chi connectivity index (χ3n) is 2.19. The second-order valence-electron chi connectivity index (χ2n) is 3.90. The Morgan fingerprint density at radius 3 is 2.35 bits per heavy atom. The Morgan fingerprint density at radius 1 is 1.25 bits per heavy atom. The molecular weight excluding hydrogens is 268 g/mol. The van der Waals surface area contributed by atoms with E-state index in [0.29, 0.717) is 16.4 Å². The van der Waals surface area contributed by atoms with Crippen molar-refractivity contribution >= 4 is 18.0 Å². The Morgan fingerprint density at radius 2 is 1.85 bits per heavy atom. The average Bonchev–Trinajstić information content (AvgIpc) is 2.34. The molecule has 0 aliphatic heterocycles. The van der Waals surface area contributed by atoms with Gasteiger partial charge in [-0.1, -0.05) is 0 Å². The number of nitrogens with one attached hydrogen (secondary N) is 1. The molecule has 0 fully saturated rings. The Labute approximate surface area is 114 Å². The molecule has 0 unspecified atom stereocenters. The summed E-state index contributed by atoms with van der Waals surface area (Å²) in [7, 11) is 0. The van der Waals surface area contributed by atoms with Crippen LogP contribution in [0.2, 0.25) is 0 Å². The van der Waals surface area contributed by atoms with E-state index >= 15 is 0 Å². The number of aryl methyl sites for hydroxylation is 1. The van der Waals surface area contributed by atoms with Crippen LogP contribution in [0.5, 0.6) is 0 Å². The van der Waals surface area contributed by atoms with Gasteiger partial charge in [0.1, 0.15) is 18.9 Å². The lowest BCUT2D eigenvalue weighted by molar-refractivity contribution is -0.140. The number of rotatable bonds is 6. The quantitative estimate of drug-likeness (QED) is 0.638. The molecule has 0 spiro atoms. The maximum atomic E-state index is 11.7. The molecule has 0 radical (unpaired) electrons. The summed E-state index contributed by atoms with van der Waals surface area (Å²) < 4.78 is 0. The van der Waals surface area contributed by atoms with Gasteiger partial charge in [-0.2, -0.15) is 0 Å². The summed E-state index contributed by atoms with van der Waals surface area (Å²) >= 11 is 0. The van der Waals surface area contributed by atoms with Crippen molar-refractivity contribution < 1.29 is 24.6 Å². The summed E-state index contributed by atoms with van der Waals surface area (Å²) in [4.78, 5) is 41.5. The highest BCUT2D eigenvalue weighted by Crippen LogP contribution is 1.96. The highest BCUT2D eigenvalue weighted by Gasteiger charge is 2.19. The molecule has 3 N–H and O–H groups in total. The van der Waals surface area contributed by atoms with E-state index in [4.69, 9.17) is 10.2 Å². The van der Waals surface area contributed by atoms with Crippen LogP contribution in [0.25, 0.3) is 0 Å². The summed E-state index contributed by atoms with van der Waals surface area (Å²) in [5.74, 6) is -2.05. The van der Waals surface area contributed by atoms with Gasteiger partial charge in [-0.05, 0) is 13.0 Å². The normalized spacial score (nSPS) is 9.85. The largest absolute Gasteiger partial charge is 0.480 e. The van der Waals surface area contributed by atoms with Crippen molar-refractivity contribution in [3.8, 4) is 0 Å². The Balaban J connectivity index is 2.61. The van der Waals surface area contributed by atoms with Gasteiger partial charge in [0.25, 0.3) is 0 Å². The van der Waals surface area contributed by atoms with E-state index in [1.165, 1.54) is 6.20 Å². The van der Waals surface area contributed by atoms with E-state index < -0.39 is 31.1 Å². The number of urea groups is 1. The van der Waals surface area contributed by atoms with Gasteiger partial charge in [0, 0.05) is 6.20 Å². The fraction of sp³-hybridized carbons (Fsp3) is 0.364. The number of carboxylic acid groups (broad SMARTS) is 2. The second kappa shape index (κ2) is 7.02. The predicted molar refractivity (Wildman–Crippen MR) is 65.8 cm³/mol. The van der Waals surface area contributed by atoms with Crippen LogP contribution >= 0.6 is 0 Å². The van der Waals surface area contributed by atoms with E-state index in [2.05, 4.69) is 15.3 Å². The first kappa shape index (κ1) is 15.3. The molecule has 20 heavy (non-hydrogen) atoms. The molecule has 0 saturated carbocycles. The third-order valence-corrected chi connectivity index (χ3v) is 2.19. The number of carboxylic acids is 2. The molecule has 0 aliphatic carbocycles. The number of aliphatic carboxylic acids is 2.